The lowest BCUT2D eigenvalue weighted by Gasteiger charge is -2.05. The highest BCUT2D eigenvalue weighted by atomic mass is 16.5. The van der Waals surface area contributed by atoms with Gasteiger partial charge in [-0.1, -0.05) is 30.2 Å². The number of aryl methyl sites for hydroxylation is 1. The number of benzene rings is 2. The first kappa shape index (κ1) is 14.0. The Morgan fingerprint density at radius 3 is 2.23 bits per heavy atom. The zero-order valence-corrected chi connectivity index (χ0v) is 12.6. The first-order chi connectivity index (χ1) is 10.7. The minimum absolute atomic E-state index is 0.840. The smallest absolute Gasteiger partial charge is 0.118 e. The molecule has 1 heterocycles. The molecule has 0 N–H and O–H groups in total. The van der Waals surface area contributed by atoms with Crippen molar-refractivity contribution in [1.29, 1.82) is 0 Å². The normalized spacial score (nSPS) is 10.2. The fourth-order valence-electron chi connectivity index (χ4n) is 2.41. The summed E-state index contributed by atoms with van der Waals surface area (Å²) in [7, 11) is 3.59. The maximum Gasteiger partial charge on any atom is 0.118 e. The van der Waals surface area contributed by atoms with Gasteiger partial charge in [-0.15, -0.1) is 6.42 Å². The maximum absolute atomic E-state index is 5.41. The molecule has 0 spiro atoms. The molecule has 2 aromatic carbocycles. The van der Waals surface area contributed by atoms with Crippen molar-refractivity contribution in [3.8, 4) is 40.5 Å². The van der Waals surface area contributed by atoms with Gasteiger partial charge in [0.15, 0.2) is 0 Å². The summed E-state index contributed by atoms with van der Waals surface area (Å²) >= 11 is 0. The van der Waals surface area contributed by atoms with Crippen LogP contribution in [0.2, 0.25) is 0 Å². The van der Waals surface area contributed by atoms with Crippen LogP contribution in [-0.4, -0.2) is 16.9 Å². The van der Waals surface area contributed by atoms with Crippen molar-refractivity contribution in [3.05, 3.63) is 60.3 Å². The Hall–Kier alpha value is -2.99. The van der Waals surface area contributed by atoms with Crippen LogP contribution < -0.4 is 4.74 Å². The number of methoxy groups -OCH3 is 1. The van der Waals surface area contributed by atoms with E-state index in [4.69, 9.17) is 11.2 Å². The summed E-state index contributed by atoms with van der Waals surface area (Å²) in [5.74, 6) is 3.47. The van der Waals surface area contributed by atoms with Crippen LogP contribution >= 0.6 is 0 Å². The molecule has 0 aliphatic heterocycles. The molecule has 0 atom stereocenters. The van der Waals surface area contributed by atoms with Crippen molar-refractivity contribution < 1.29 is 4.74 Å². The number of terminal acetylenes is 1. The molecular formula is C19H16N2O. The number of aromatic nitrogens is 2. The predicted molar refractivity (Wildman–Crippen MR) is 88.6 cm³/mol. The van der Waals surface area contributed by atoms with Crippen LogP contribution in [0, 0.1) is 12.3 Å². The highest BCUT2D eigenvalue weighted by molar-refractivity contribution is 5.80. The van der Waals surface area contributed by atoms with Gasteiger partial charge in [0.25, 0.3) is 0 Å². The van der Waals surface area contributed by atoms with Crippen LogP contribution in [0.25, 0.3) is 22.4 Å². The molecule has 0 bridgehead atoms. The summed E-state index contributed by atoms with van der Waals surface area (Å²) in [5, 5.41) is 4.59. The number of hydrogen-bond donors (Lipinski definition) is 0. The molecule has 0 saturated heterocycles. The van der Waals surface area contributed by atoms with E-state index < -0.39 is 0 Å². The van der Waals surface area contributed by atoms with Gasteiger partial charge in [0.1, 0.15) is 11.4 Å². The fourth-order valence-corrected chi connectivity index (χ4v) is 2.41. The third-order valence-corrected chi connectivity index (χ3v) is 3.55. The predicted octanol–water partition coefficient (Wildman–Crippen LogP) is 3.74. The van der Waals surface area contributed by atoms with Crippen LogP contribution in [0.1, 0.15) is 5.56 Å². The second-order valence-corrected chi connectivity index (χ2v) is 5.02. The molecule has 0 aliphatic carbocycles. The summed E-state index contributed by atoms with van der Waals surface area (Å²) in [4.78, 5) is 0. The van der Waals surface area contributed by atoms with Crippen molar-refractivity contribution in [2.24, 2.45) is 7.05 Å². The van der Waals surface area contributed by atoms with Gasteiger partial charge in [0.2, 0.25) is 0 Å². The van der Waals surface area contributed by atoms with Gasteiger partial charge < -0.3 is 4.74 Å². The molecule has 3 rings (SSSR count). The highest BCUT2D eigenvalue weighted by Crippen LogP contribution is 2.31. The van der Waals surface area contributed by atoms with Crippen LogP contribution in [0.3, 0.4) is 0 Å². The Bertz CT molecular complexity index is 821. The largest absolute Gasteiger partial charge is 0.497 e. The zero-order valence-electron chi connectivity index (χ0n) is 12.6. The van der Waals surface area contributed by atoms with Gasteiger partial charge >= 0.3 is 0 Å². The van der Waals surface area contributed by atoms with Crippen LogP contribution in [0.4, 0.5) is 0 Å². The number of rotatable bonds is 3. The minimum Gasteiger partial charge on any atom is -0.497 e. The lowest BCUT2D eigenvalue weighted by atomic mass is 10.0. The Morgan fingerprint density at radius 1 is 1.00 bits per heavy atom. The van der Waals surface area contributed by atoms with E-state index in [1.54, 1.807) is 7.11 Å². The van der Waals surface area contributed by atoms with E-state index in [-0.39, 0.29) is 0 Å². The van der Waals surface area contributed by atoms with Gasteiger partial charge in [0.05, 0.1) is 7.11 Å². The molecule has 0 fully saturated rings. The quantitative estimate of drug-likeness (QED) is 0.686. The minimum atomic E-state index is 0.840. The Labute approximate surface area is 130 Å². The summed E-state index contributed by atoms with van der Waals surface area (Å²) in [6.07, 6.45) is 7.43. The van der Waals surface area contributed by atoms with Crippen molar-refractivity contribution in [2.75, 3.05) is 7.11 Å². The van der Waals surface area contributed by atoms with E-state index >= 15 is 0 Å². The molecule has 1 aromatic heterocycles. The summed E-state index contributed by atoms with van der Waals surface area (Å²) in [6.45, 7) is 0. The maximum atomic E-state index is 5.41. The highest BCUT2D eigenvalue weighted by Gasteiger charge is 2.12. The summed E-state index contributed by atoms with van der Waals surface area (Å²) < 4.78 is 7.03. The summed E-state index contributed by atoms with van der Waals surface area (Å²) in [6, 6.07) is 15.9. The second kappa shape index (κ2) is 5.79. The van der Waals surface area contributed by atoms with Crippen molar-refractivity contribution in [2.45, 2.75) is 0 Å². The monoisotopic (exact) mass is 288 g/mol. The third-order valence-electron chi connectivity index (χ3n) is 3.55. The average Bonchev–Trinajstić information content (AvgIpc) is 2.97. The molecule has 0 saturated carbocycles. The number of nitrogens with zero attached hydrogens (tertiary/aromatic N) is 2. The van der Waals surface area contributed by atoms with Crippen molar-refractivity contribution in [3.63, 3.8) is 0 Å². The molecular weight excluding hydrogens is 272 g/mol. The van der Waals surface area contributed by atoms with Crippen molar-refractivity contribution >= 4 is 0 Å². The van der Waals surface area contributed by atoms with E-state index in [0.717, 1.165) is 33.7 Å². The van der Waals surface area contributed by atoms with Crippen LogP contribution in [-0.2, 0) is 7.05 Å². The van der Waals surface area contributed by atoms with Gasteiger partial charge in [-0.05, 0) is 29.8 Å². The van der Waals surface area contributed by atoms with Crippen molar-refractivity contribution in [1.82, 2.24) is 9.78 Å². The molecule has 0 amide bonds. The van der Waals surface area contributed by atoms with E-state index in [1.807, 2.05) is 66.5 Å². The Kier molecular flexibility index (Phi) is 3.67. The fraction of sp³-hybridized carbons (Fsp3) is 0.105. The molecule has 108 valence electrons. The lowest BCUT2D eigenvalue weighted by Crippen LogP contribution is -1.88. The first-order valence-corrected chi connectivity index (χ1v) is 6.96. The third kappa shape index (κ3) is 2.59. The molecule has 0 unspecified atom stereocenters. The van der Waals surface area contributed by atoms with E-state index in [1.165, 1.54) is 0 Å². The molecule has 22 heavy (non-hydrogen) atoms. The van der Waals surface area contributed by atoms with Gasteiger partial charge in [0, 0.05) is 29.9 Å². The van der Waals surface area contributed by atoms with E-state index in [0.29, 0.717) is 0 Å². The molecule has 3 heteroatoms. The average molecular weight is 288 g/mol. The molecule has 0 aliphatic rings. The van der Waals surface area contributed by atoms with Gasteiger partial charge in [-0.2, -0.15) is 5.10 Å². The van der Waals surface area contributed by atoms with E-state index in [2.05, 4.69) is 11.0 Å². The second-order valence-electron chi connectivity index (χ2n) is 5.02. The Morgan fingerprint density at radius 2 is 1.64 bits per heavy atom. The first-order valence-electron chi connectivity index (χ1n) is 6.96. The van der Waals surface area contributed by atoms with Gasteiger partial charge in [-0.25, -0.2) is 0 Å². The lowest BCUT2D eigenvalue weighted by molar-refractivity contribution is 0.415. The molecule has 3 nitrogen and oxygen atoms in total. The van der Waals surface area contributed by atoms with Gasteiger partial charge in [-0.3, -0.25) is 4.68 Å². The van der Waals surface area contributed by atoms with Crippen LogP contribution in [0.5, 0.6) is 5.75 Å². The standard InChI is InChI=1S/C19H16N2O/c1-4-14-5-7-16(8-6-14)19-18(13-21(2)20-19)15-9-11-17(22-3)12-10-15/h1,5-13H,2-3H3. The number of hydrogen-bond acceptors (Lipinski definition) is 2. The SMILES string of the molecule is C#Cc1ccc(-c2nn(C)cc2-c2ccc(OC)cc2)cc1. The van der Waals surface area contributed by atoms with Crippen LogP contribution in [0.15, 0.2) is 54.7 Å². The van der Waals surface area contributed by atoms with E-state index in [9.17, 15) is 0 Å². The molecule has 0 radical (unpaired) electrons. The zero-order chi connectivity index (χ0) is 15.5. The Balaban J connectivity index is 2.06. The topological polar surface area (TPSA) is 27.1 Å². The number of ether oxygens (including phenoxy) is 1. The molecule has 3 aromatic rings. The summed E-state index contributed by atoms with van der Waals surface area (Å²) in [5.41, 5.74) is 5.04.